The Balaban J connectivity index is 1.59. The molecule has 4 rings (SSSR count). The highest BCUT2D eigenvalue weighted by Gasteiger charge is 2.29. The van der Waals surface area contributed by atoms with Gasteiger partial charge >= 0.3 is 0 Å². The molecule has 7 heteroatoms. The number of nitrogens with one attached hydrogen (secondary N) is 2. The number of nitrogens with zero attached hydrogens (tertiary/aromatic N) is 1. The van der Waals surface area contributed by atoms with E-state index in [0.717, 1.165) is 5.56 Å². The second-order valence-electron chi connectivity index (χ2n) is 6.69. The van der Waals surface area contributed by atoms with Crippen molar-refractivity contribution in [3.8, 4) is 0 Å². The molecule has 1 aliphatic heterocycles. The number of hydrogen-bond donors (Lipinski definition) is 2. The van der Waals surface area contributed by atoms with Gasteiger partial charge in [-0.2, -0.15) is 0 Å². The summed E-state index contributed by atoms with van der Waals surface area (Å²) < 4.78 is 13.4. The van der Waals surface area contributed by atoms with Crippen LogP contribution in [0.5, 0.6) is 0 Å². The van der Waals surface area contributed by atoms with E-state index in [0.29, 0.717) is 17.8 Å². The molecule has 2 amide bonds. The summed E-state index contributed by atoms with van der Waals surface area (Å²) in [7, 11) is 0. The van der Waals surface area contributed by atoms with Gasteiger partial charge in [0.1, 0.15) is 5.82 Å². The monoisotopic (exact) mass is 401 g/mol. The summed E-state index contributed by atoms with van der Waals surface area (Å²) >= 11 is 0. The van der Waals surface area contributed by atoms with Crippen LogP contribution in [0.25, 0.3) is 6.08 Å². The number of Topliss-reactive ketones (excluding diaryl/α,β-unsaturated/α-hetero) is 1. The van der Waals surface area contributed by atoms with Gasteiger partial charge in [-0.1, -0.05) is 12.1 Å². The minimum atomic E-state index is -0.577. The van der Waals surface area contributed by atoms with Gasteiger partial charge in [0.25, 0.3) is 11.8 Å². The fourth-order valence-corrected chi connectivity index (χ4v) is 3.10. The van der Waals surface area contributed by atoms with E-state index in [-0.39, 0.29) is 22.6 Å². The van der Waals surface area contributed by atoms with Gasteiger partial charge in [0, 0.05) is 30.1 Å². The molecule has 30 heavy (non-hydrogen) atoms. The van der Waals surface area contributed by atoms with Crippen LogP contribution in [-0.2, 0) is 11.3 Å². The number of halogens is 1. The molecule has 0 aliphatic carbocycles. The summed E-state index contributed by atoms with van der Waals surface area (Å²) in [5, 5.41) is 5.42. The normalized spacial score (nSPS) is 14.2. The second kappa shape index (κ2) is 8.08. The van der Waals surface area contributed by atoms with Crippen molar-refractivity contribution in [1.82, 2.24) is 10.3 Å². The molecule has 0 radical (unpaired) electrons. The summed E-state index contributed by atoms with van der Waals surface area (Å²) in [6, 6.07) is 13.7. The average Bonchev–Trinajstić information content (AvgIpc) is 2.75. The highest BCUT2D eigenvalue weighted by Crippen LogP contribution is 2.27. The lowest BCUT2D eigenvalue weighted by molar-refractivity contribution is -0.112. The van der Waals surface area contributed by atoms with Gasteiger partial charge in [0.2, 0.25) is 5.78 Å². The Kier molecular flexibility index (Phi) is 5.17. The maximum atomic E-state index is 13.4. The van der Waals surface area contributed by atoms with Gasteiger partial charge in [0.05, 0.1) is 11.3 Å². The van der Waals surface area contributed by atoms with Gasteiger partial charge in [0.15, 0.2) is 0 Å². The first-order valence-electron chi connectivity index (χ1n) is 9.16. The second-order valence-corrected chi connectivity index (χ2v) is 6.69. The van der Waals surface area contributed by atoms with Crippen molar-refractivity contribution in [3.63, 3.8) is 0 Å². The van der Waals surface area contributed by atoms with Crippen LogP contribution in [0.2, 0.25) is 0 Å². The molecule has 2 N–H and O–H groups in total. The number of amides is 2. The number of hydrogen-bond acceptors (Lipinski definition) is 4. The molecule has 0 unspecified atom stereocenters. The maximum Gasteiger partial charge on any atom is 0.259 e. The van der Waals surface area contributed by atoms with Crippen LogP contribution >= 0.6 is 0 Å². The van der Waals surface area contributed by atoms with E-state index in [1.54, 1.807) is 30.6 Å². The summed E-state index contributed by atoms with van der Waals surface area (Å²) in [6.07, 6.45) is 4.60. The van der Waals surface area contributed by atoms with Crippen LogP contribution in [0.4, 0.5) is 10.1 Å². The zero-order valence-corrected chi connectivity index (χ0v) is 15.7. The minimum absolute atomic E-state index is 0.123. The number of aromatic nitrogens is 1. The third kappa shape index (κ3) is 4.00. The van der Waals surface area contributed by atoms with Crippen molar-refractivity contribution in [2.45, 2.75) is 6.54 Å². The lowest BCUT2D eigenvalue weighted by Crippen LogP contribution is -2.28. The zero-order chi connectivity index (χ0) is 21.1. The highest BCUT2D eigenvalue weighted by atomic mass is 19.1. The molecule has 0 atom stereocenters. The first-order chi connectivity index (χ1) is 14.5. The SMILES string of the molecule is O=C1Nc2ccc(C(=O)NCc3ccncc3)cc2C(=O)/C1=C/c1cccc(F)c1. The smallest absolute Gasteiger partial charge is 0.259 e. The molecule has 0 fully saturated rings. The number of carbonyl (C=O) groups is 3. The predicted octanol–water partition coefficient (Wildman–Crippen LogP) is 3.37. The van der Waals surface area contributed by atoms with Gasteiger partial charge in [-0.25, -0.2) is 4.39 Å². The molecular weight excluding hydrogens is 385 g/mol. The van der Waals surface area contributed by atoms with Crippen LogP contribution < -0.4 is 10.6 Å². The van der Waals surface area contributed by atoms with E-state index in [9.17, 15) is 18.8 Å². The Bertz CT molecular complexity index is 1190. The molecule has 3 aromatic rings. The van der Waals surface area contributed by atoms with Crippen LogP contribution in [0.1, 0.15) is 31.8 Å². The zero-order valence-electron chi connectivity index (χ0n) is 15.7. The van der Waals surface area contributed by atoms with Crippen LogP contribution in [0.15, 0.2) is 72.6 Å². The Hall–Kier alpha value is -4.13. The van der Waals surface area contributed by atoms with Crippen molar-refractivity contribution in [3.05, 3.63) is 101 Å². The van der Waals surface area contributed by atoms with Crippen molar-refractivity contribution in [2.75, 3.05) is 5.32 Å². The molecule has 0 saturated heterocycles. The third-order valence-electron chi connectivity index (χ3n) is 4.63. The van der Waals surface area contributed by atoms with E-state index in [4.69, 9.17) is 0 Å². The Labute approximate surface area is 171 Å². The summed E-state index contributed by atoms with van der Waals surface area (Å²) in [5.74, 6) is -1.93. The number of fused-ring (bicyclic) bond motifs is 1. The molecule has 0 saturated carbocycles. The summed E-state index contributed by atoms with van der Waals surface area (Å²) in [5.41, 5.74) is 1.98. The van der Waals surface area contributed by atoms with Crippen LogP contribution in [0, 0.1) is 5.82 Å². The van der Waals surface area contributed by atoms with Gasteiger partial charge in [-0.05, 0) is 59.7 Å². The fourth-order valence-electron chi connectivity index (χ4n) is 3.10. The number of carbonyl (C=O) groups excluding carboxylic acids is 3. The summed E-state index contributed by atoms with van der Waals surface area (Å²) in [4.78, 5) is 41.7. The highest BCUT2D eigenvalue weighted by molar-refractivity contribution is 6.36. The maximum absolute atomic E-state index is 13.4. The molecule has 0 spiro atoms. The van der Waals surface area contributed by atoms with Gasteiger partial charge in [-0.3, -0.25) is 19.4 Å². The molecule has 2 aromatic carbocycles. The van der Waals surface area contributed by atoms with E-state index in [1.807, 2.05) is 0 Å². The fraction of sp³-hybridized carbons (Fsp3) is 0.0435. The van der Waals surface area contributed by atoms with Crippen molar-refractivity contribution < 1.29 is 18.8 Å². The van der Waals surface area contributed by atoms with E-state index >= 15 is 0 Å². The van der Waals surface area contributed by atoms with Crippen molar-refractivity contribution in [2.24, 2.45) is 0 Å². The van der Waals surface area contributed by atoms with E-state index in [2.05, 4.69) is 15.6 Å². The predicted molar refractivity (Wildman–Crippen MR) is 109 cm³/mol. The number of benzene rings is 2. The molecular formula is C23H16FN3O3. The lowest BCUT2D eigenvalue weighted by atomic mass is 9.93. The Morgan fingerprint density at radius 3 is 2.63 bits per heavy atom. The lowest BCUT2D eigenvalue weighted by Gasteiger charge is -2.19. The quantitative estimate of drug-likeness (QED) is 0.518. The third-order valence-corrected chi connectivity index (χ3v) is 4.63. The number of ketones is 1. The van der Waals surface area contributed by atoms with E-state index < -0.39 is 17.5 Å². The largest absolute Gasteiger partial charge is 0.348 e. The average molecular weight is 401 g/mol. The Morgan fingerprint density at radius 2 is 1.87 bits per heavy atom. The standard InChI is InChI=1S/C23H16FN3O3/c24-17-3-1-2-15(10-17)11-19-21(28)18-12-16(4-5-20(18)27-23(19)30)22(29)26-13-14-6-8-25-9-7-14/h1-12H,13H2,(H,26,29)(H,27,30)/b19-11-. The van der Waals surface area contributed by atoms with Crippen LogP contribution in [0.3, 0.4) is 0 Å². The molecule has 1 aromatic heterocycles. The van der Waals surface area contributed by atoms with Crippen molar-refractivity contribution >= 4 is 29.4 Å². The van der Waals surface area contributed by atoms with Gasteiger partial charge < -0.3 is 10.6 Å². The van der Waals surface area contributed by atoms with Crippen LogP contribution in [-0.4, -0.2) is 22.6 Å². The minimum Gasteiger partial charge on any atom is -0.348 e. The molecule has 6 nitrogen and oxygen atoms in total. The number of pyridine rings is 1. The number of anilines is 1. The molecule has 1 aliphatic rings. The Morgan fingerprint density at radius 1 is 1.07 bits per heavy atom. The molecule has 0 bridgehead atoms. The molecule has 2 heterocycles. The van der Waals surface area contributed by atoms with Crippen molar-refractivity contribution in [1.29, 1.82) is 0 Å². The molecule has 148 valence electrons. The van der Waals surface area contributed by atoms with E-state index in [1.165, 1.54) is 42.5 Å². The first kappa shape index (κ1) is 19.2. The number of rotatable bonds is 4. The topological polar surface area (TPSA) is 88.2 Å². The first-order valence-corrected chi connectivity index (χ1v) is 9.16. The van der Waals surface area contributed by atoms with Gasteiger partial charge in [-0.15, -0.1) is 0 Å². The summed E-state index contributed by atoms with van der Waals surface area (Å²) in [6.45, 7) is 0.313.